The zero-order chi connectivity index (χ0) is 14.2. The molecule has 0 spiro atoms. The molecule has 0 atom stereocenters. The van der Waals surface area contributed by atoms with Crippen LogP contribution >= 0.6 is 0 Å². The molecule has 5 nitrogen and oxygen atoms in total. The summed E-state index contributed by atoms with van der Waals surface area (Å²) in [6.45, 7) is 4.62. The number of nitrogens with one attached hydrogen (secondary N) is 3. The zero-order valence-corrected chi connectivity index (χ0v) is 11.9. The summed E-state index contributed by atoms with van der Waals surface area (Å²) in [6, 6.07) is 7.89. The van der Waals surface area contributed by atoms with Crippen LogP contribution in [0, 0.1) is 0 Å². The first kappa shape index (κ1) is 14.5. The molecule has 20 heavy (non-hydrogen) atoms. The fourth-order valence-corrected chi connectivity index (χ4v) is 2.04. The van der Waals surface area contributed by atoms with Gasteiger partial charge >= 0.3 is 0 Å². The Labute approximate surface area is 119 Å². The third kappa shape index (κ3) is 4.35. The maximum absolute atomic E-state index is 11.7. The number of nitrogens with zero attached hydrogens (tertiary/aromatic N) is 1. The minimum Gasteiger partial charge on any atom is -0.355 e. The molecule has 1 aromatic heterocycles. The highest BCUT2D eigenvalue weighted by Crippen LogP contribution is 2.11. The third-order valence-electron chi connectivity index (χ3n) is 3.08. The normalized spacial score (nSPS) is 10.8. The van der Waals surface area contributed by atoms with Crippen LogP contribution in [-0.2, 0) is 11.2 Å². The smallest absolute Gasteiger partial charge is 0.220 e. The molecule has 3 N–H and O–H groups in total. The summed E-state index contributed by atoms with van der Waals surface area (Å²) in [4.78, 5) is 19.4. The van der Waals surface area contributed by atoms with Crippen molar-refractivity contribution in [3.05, 3.63) is 30.1 Å². The Morgan fingerprint density at radius 2 is 2.10 bits per heavy atom. The molecule has 1 aromatic carbocycles. The summed E-state index contributed by atoms with van der Waals surface area (Å²) >= 11 is 0. The van der Waals surface area contributed by atoms with Gasteiger partial charge in [-0.25, -0.2) is 4.98 Å². The van der Waals surface area contributed by atoms with Crippen molar-refractivity contribution in [1.82, 2.24) is 20.6 Å². The van der Waals surface area contributed by atoms with Crippen LogP contribution in [0.4, 0.5) is 0 Å². The van der Waals surface area contributed by atoms with Gasteiger partial charge in [-0.3, -0.25) is 4.79 Å². The molecule has 1 heterocycles. The predicted octanol–water partition coefficient (Wildman–Crippen LogP) is 1.61. The Kier molecular flexibility index (Phi) is 5.55. The van der Waals surface area contributed by atoms with Gasteiger partial charge in [0, 0.05) is 25.9 Å². The summed E-state index contributed by atoms with van der Waals surface area (Å²) in [5, 5.41) is 6.15. The van der Waals surface area contributed by atoms with E-state index in [0.29, 0.717) is 19.4 Å². The molecule has 1 amide bonds. The fourth-order valence-electron chi connectivity index (χ4n) is 2.04. The lowest BCUT2D eigenvalue weighted by Crippen LogP contribution is -2.32. The number of para-hydroxylation sites is 2. The van der Waals surface area contributed by atoms with E-state index in [4.69, 9.17) is 0 Å². The Bertz CT molecular complexity index is 517. The number of H-pyrrole nitrogens is 1. The van der Waals surface area contributed by atoms with Crippen molar-refractivity contribution in [2.75, 3.05) is 19.6 Å². The fraction of sp³-hybridized carbons (Fsp3) is 0.467. The highest BCUT2D eigenvalue weighted by molar-refractivity contribution is 5.77. The number of imidazole rings is 1. The second kappa shape index (κ2) is 7.65. The molecule has 2 aromatic rings. The van der Waals surface area contributed by atoms with Gasteiger partial charge in [-0.15, -0.1) is 0 Å². The number of aryl methyl sites for hydroxylation is 1. The van der Waals surface area contributed by atoms with Crippen molar-refractivity contribution in [3.8, 4) is 0 Å². The van der Waals surface area contributed by atoms with Crippen molar-refractivity contribution in [2.24, 2.45) is 0 Å². The van der Waals surface area contributed by atoms with Crippen molar-refractivity contribution >= 4 is 16.9 Å². The molecular weight excluding hydrogens is 252 g/mol. The number of hydrogen-bond donors (Lipinski definition) is 3. The molecule has 2 rings (SSSR count). The molecule has 0 aliphatic heterocycles. The minimum atomic E-state index is 0.0729. The van der Waals surface area contributed by atoms with E-state index in [1.807, 2.05) is 24.3 Å². The first-order valence-corrected chi connectivity index (χ1v) is 7.20. The molecular formula is C15H22N4O. The van der Waals surface area contributed by atoms with Gasteiger partial charge in [-0.1, -0.05) is 19.1 Å². The van der Waals surface area contributed by atoms with E-state index in [9.17, 15) is 4.79 Å². The maximum Gasteiger partial charge on any atom is 0.220 e. The Balaban J connectivity index is 1.70. The van der Waals surface area contributed by atoms with Crippen molar-refractivity contribution in [2.45, 2.75) is 26.2 Å². The van der Waals surface area contributed by atoms with Crippen LogP contribution in [-0.4, -0.2) is 35.5 Å². The van der Waals surface area contributed by atoms with Gasteiger partial charge in [-0.2, -0.15) is 0 Å². The van der Waals surface area contributed by atoms with Crippen molar-refractivity contribution in [1.29, 1.82) is 0 Å². The number of carbonyl (C=O) groups excluding carboxylic acids is 1. The van der Waals surface area contributed by atoms with E-state index in [2.05, 4.69) is 27.5 Å². The number of benzene rings is 1. The zero-order valence-electron chi connectivity index (χ0n) is 11.9. The lowest BCUT2D eigenvalue weighted by Gasteiger charge is -2.05. The summed E-state index contributed by atoms with van der Waals surface area (Å²) in [5.41, 5.74) is 1.97. The van der Waals surface area contributed by atoms with Gasteiger partial charge in [0.1, 0.15) is 5.82 Å². The standard InChI is InChI=1S/C15H22N4O/c1-2-9-16-10-11-17-15(20)8-7-14-18-12-5-3-4-6-13(12)19-14/h3-6,16H,2,7-11H2,1H3,(H,17,20)(H,18,19). The van der Waals surface area contributed by atoms with Crippen LogP contribution in [0.15, 0.2) is 24.3 Å². The molecule has 0 radical (unpaired) electrons. The Hall–Kier alpha value is -1.88. The average molecular weight is 274 g/mol. The number of aromatic amines is 1. The Morgan fingerprint density at radius 3 is 2.90 bits per heavy atom. The molecule has 0 bridgehead atoms. The van der Waals surface area contributed by atoms with Crippen LogP contribution in [0.5, 0.6) is 0 Å². The monoisotopic (exact) mass is 274 g/mol. The van der Waals surface area contributed by atoms with Gasteiger partial charge in [0.2, 0.25) is 5.91 Å². The molecule has 0 saturated carbocycles. The highest BCUT2D eigenvalue weighted by atomic mass is 16.1. The molecule has 0 fully saturated rings. The summed E-state index contributed by atoms with van der Waals surface area (Å²) in [6.07, 6.45) is 2.22. The first-order valence-electron chi connectivity index (χ1n) is 7.20. The number of hydrogen-bond acceptors (Lipinski definition) is 3. The largest absolute Gasteiger partial charge is 0.355 e. The van der Waals surface area contributed by atoms with Gasteiger partial charge in [-0.05, 0) is 25.1 Å². The van der Waals surface area contributed by atoms with E-state index in [1.165, 1.54) is 0 Å². The van der Waals surface area contributed by atoms with Gasteiger partial charge < -0.3 is 15.6 Å². The molecule has 0 aliphatic rings. The van der Waals surface area contributed by atoms with Crippen molar-refractivity contribution < 1.29 is 4.79 Å². The maximum atomic E-state index is 11.7. The summed E-state index contributed by atoms with van der Waals surface area (Å²) in [5.74, 6) is 0.939. The second-order valence-electron chi connectivity index (χ2n) is 4.80. The van der Waals surface area contributed by atoms with Gasteiger partial charge in [0.15, 0.2) is 0 Å². The number of carbonyl (C=O) groups is 1. The Morgan fingerprint density at radius 1 is 1.25 bits per heavy atom. The molecule has 5 heteroatoms. The highest BCUT2D eigenvalue weighted by Gasteiger charge is 2.05. The third-order valence-corrected chi connectivity index (χ3v) is 3.08. The topological polar surface area (TPSA) is 69.8 Å². The predicted molar refractivity (Wildman–Crippen MR) is 80.6 cm³/mol. The van der Waals surface area contributed by atoms with E-state index in [1.54, 1.807) is 0 Å². The number of aromatic nitrogens is 2. The molecule has 0 unspecified atom stereocenters. The molecule has 0 saturated heterocycles. The van der Waals surface area contributed by atoms with Crippen LogP contribution in [0.2, 0.25) is 0 Å². The molecule has 0 aliphatic carbocycles. The van der Waals surface area contributed by atoms with Gasteiger partial charge in [0.25, 0.3) is 0 Å². The molecule has 108 valence electrons. The van der Waals surface area contributed by atoms with E-state index in [-0.39, 0.29) is 5.91 Å². The quantitative estimate of drug-likeness (QED) is 0.641. The van der Waals surface area contributed by atoms with E-state index in [0.717, 1.165) is 36.4 Å². The second-order valence-corrected chi connectivity index (χ2v) is 4.80. The summed E-state index contributed by atoms with van der Waals surface area (Å²) in [7, 11) is 0. The lowest BCUT2D eigenvalue weighted by molar-refractivity contribution is -0.121. The first-order chi connectivity index (χ1) is 9.79. The van der Waals surface area contributed by atoms with Gasteiger partial charge in [0.05, 0.1) is 11.0 Å². The van der Waals surface area contributed by atoms with Crippen LogP contribution < -0.4 is 10.6 Å². The van der Waals surface area contributed by atoms with Crippen LogP contribution in [0.1, 0.15) is 25.6 Å². The number of rotatable bonds is 8. The number of fused-ring (bicyclic) bond motifs is 1. The van der Waals surface area contributed by atoms with Crippen molar-refractivity contribution in [3.63, 3.8) is 0 Å². The SMILES string of the molecule is CCCNCCNC(=O)CCc1nc2ccccc2[nH]1. The minimum absolute atomic E-state index is 0.0729. The average Bonchev–Trinajstić information content (AvgIpc) is 2.88. The number of amides is 1. The summed E-state index contributed by atoms with van der Waals surface area (Å²) < 4.78 is 0. The van der Waals surface area contributed by atoms with E-state index < -0.39 is 0 Å². The van der Waals surface area contributed by atoms with E-state index >= 15 is 0 Å². The van der Waals surface area contributed by atoms with Crippen LogP contribution in [0.25, 0.3) is 11.0 Å². The lowest BCUT2D eigenvalue weighted by atomic mass is 10.3. The van der Waals surface area contributed by atoms with Crippen LogP contribution in [0.3, 0.4) is 0 Å².